The van der Waals surface area contributed by atoms with Gasteiger partial charge in [-0.15, -0.1) is 0 Å². The number of fused-ring (bicyclic) bond motifs is 1. The highest BCUT2D eigenvalue weighted by Crippen LogP contribution is 2.32. The van der Waals surface area contributed by atoms with Crippen molar-refractivity contribution in [3.8, 4) is 11.3 Å². The molecule has 0 bridgehead atoms. The molecule has 0 unspecified atom stereocenters. The van der Waals surface area contributed by atoms with Crippen molar-refractivity contribution in [3.63, 3.8) is 0 Å². The van der Waals surface area contributed by atoms with Crippen molar-refractivity contribution in [1.29, 1.82) is 0 Å². The van der Waals surface area contributed by atoms with E-state index in [9.17, 15) is 4.79 Å². The summed E-state index contributed by atoms with van der Waals surface area (Å²) < 4.78 is 4.74. The molecule has 0 aliphatic heterocycles. The van der Waals surface area contributed by atoms with E-state index >= 15 is 0 Å². The second-order valence-electron chi connectivity index (χ2n) is 5.11. The minimum Gasteiger partial charge on any atom is -0.469 e. The lowest BCUT2D eigenvalue weighted by Crippen LogP contribution is -2.02. The number of pyridine rings is 1. The van der Waals surface area contributed by atoms with E-state index in [-0.39, 0.29) is 12.4 Å². The number of nitrogens with zero attached hydrogens (tertiary/aromatic N) is 1. The minimum atomic E-state index is -0.253. The van der Waals surface area contributed by atoms with E-state index in [1.165, 1.54) is 7.11 Å². The monoisotopic (exact) mass is 348 g/mol. The normalized spacial score (nSPS) is 10.9. The molecule has 1 N–H and O–H groups in total. The van der Waals surface area contributed by atoms with Crippen LogP contribution in [0.5, 0.6) is 0 Å². The van der Waals surface area contributed by atoms with Crippen LogP contribution in [0.25, 0.3) is 22.3 Å². The summed E-state index contributed by atoms with van der Waals surface area (Å²) in [6.45, 7) is 0. The Labute approximate surface area is 143 Å². The van der Waals surface area contributed by atoms with Gasteiger partial charge in [-0.05, 0) is 35.7 Å². The number of carbonyl (C=O) groups excluding carboxylic acids is 1. The number of rotatable bonds is 4. The Morgan fingerprint density at radius 2 is 1.96 bits per heavy atom. The van der Waals surface area contributed by atoms with E-state index in [0.29, 0.717) is 16.5 Å². The standard InChI is InChI=1S/C17H14Cl2N2O2/c1-23-15(22)7-6-13-14-8-12(19)9-20-17(14)21-16(13)10-2-4-11(18)5-3-10/h2-5,8-9H,6-7H2,1H3,(H,20,21). The van der Waals surface area contributed by atoms with Crippen molar-refractivity contribution in [2.24, 2.45) is 0 Å². The highest BCUT2D eigenvalue weighted by atomic mass is 35.5. The van der Waals surface area contributed by atoms with E-state index < -0.39 is 0 Å². The third kappa shape index (κ3) is 3.33. The minimum absolute atomic E-state index is 0.253. The molecule has 0 spiro atoms. The van der Waals surface area contributed by atoms with Crippen LogP contribution >= 0.6 is 23.2 Å². The van der Waals surface area contributed by atoms with E-state index in [1.54, 1.807) is 6.20 Å². The van der Waals surface area contributed by atoms with Crippen LogP contribution in [0.15, 0.2) is 36.5 Å². The summed E-state index contributed by atoms with van der Waals surface area (Å²) in [6, 6.07) is 9.36. The van der Waals surface area contributed by atoms with E-state index in [0.717, 1.165) is 27.9 Å². The van der Waals surface area contributed by atoms with Gasteiger partial charge in [0, 0.05) is 23.0 Å². The van der Waals surface area contributed by atoms with Gasteiger partial charge in [-0.2, -0.15) is 0 Å². The van der Waals surface area contributed by atoms with Gasteiger partial charge in [-0.25, -0.2) is 4.98 Å². The van der Waals surface area contributed by atoms with Gasteiger partial charge in [-0.3, -0.25) is 4.79 Å². The fourth-order valence-corrected chi connectivity index (χ4v) is 2.83. The second kappa shape index (κ2) is 6.60. The molecule has 0 amide bonds. The molecule has 3 rings (SSSR count). The number of H-pyrrole nitrogens is 1. The van der Waals surface area contributed by atoms with Crippen molar-refractivity contribution in [3.05, 3.63) is 52.1 Å². The SMILES string of the molecule is COC(=O)CCc1c(-c2ccc(Cl)cc2)[nH]c2ncc(Cl)cc12. The molecule has 0 radical (unpaired) electrons. The van der Waals surface area contributed by atoms with Gasteiger partial charge in [0.25, 0.3) is 0 Å². The van der Waals surface area contributed by atoms with Crippen molar-refractivity contribution < 1.29 is 9.53 Å². The lowest BCUT2D eigenvalue weighted by molar-refractivity contribution is -0.140. The van der Waals surface area contributed by atoms with Gasteiger partial charge in [-0.1, -0.05) is 35.3 Å². The van der Waals surface area contributed by atoms with Crippen LogP contribution in [0.4, 0.5) is 0 Å². The number of methoxy groups -OCH3 is 1. The van der Waals surface area contributed by atoms with E-state index in [1.807, 2.05) is 30.3 Å². The first-order valence-electron chi connectivity index (χ1n) is 7.07. The molecule has 0 saturated carbocycles. The maximum absolute atomic E-state index is 11.5. The Bertz CT molecular complexity index is 857. The number of hydrogen-bond donors (Lipinski definition) is 1. The quantitative estimate of drug-likeness (QED) is 0.698. The first-order valence-corrected chi connectivity index (χ1v) is 7.83. The first kappa shape index (κ1) is 15.8. The summed E-state index contributed by atoms with van der Waals surface area (Å²) in [5, 5.41) is 2.13. The molecule has 2 heterocycles. The van der Waals surface area contributed by atoms with Crippen LogP contribution in [0.3, 0.4) is 0 Å². The van der Waals surface area contributed by atoms with Crippen LogP contribution in [0, 0.1) is 0 Å². The summed E-state index contributed by atoms with van der Waals surface area (Å²) in [7, 11) is 1.39. The average molecular weight is 349 g/mol. The maximum atomic E-state index is 11.5. The fourth-order valence-electron chi connectivity index (χ4n) is 2.55. The number of ether oxygens (including phenoxy) is 1. The average Bonchev–Trinajstić information content (AvgIpc) is 2.91. The van der Waals surface area contributed by atoms with Gasteiger partial charge in [0.05, 0.1) is 17.8 Å². The largest absolute Gasteiger partial charge is 0.469 e. The number of esters is 1. The molecular formula is C17H14Cl2N2O2. The first-order chi connectivity index (χ1) is 11.1. The zero-order valence-corrected chi connectivity index (χ0v) is 13.9. The van der Waals surface area contributed by atoms with Crippen LogP contribution in [0.1, 0.15) is 12.0 Å². The molecule has 4 nitrogen and oxygen atoms in total. The maximum Gasteiger partial charge on any atom is 0.305 e. The smallest absolute Gasteiger partial charge is 0.305 e. The number of aryl methyl sites for hydroxylation is 1. The molecule has 0 aliphatic rings. The van der Waals surface area contributed by atoms with Gasteiger partial charge in [0.1, 0.15) is 5.65 Å². The number of halogens is 2. The Kier molecular flexibility index (Phi) is 4.55. The summed E-state index contributed by atoms with van der Waals surface area (Å²) in [4.78, 5) is 19.1. The fraction of sp³-hybridized carbons (Fsp3) is 0.176. The van der Waals surface area contributed by atoms with Gasteiger partial charge >= 0.3 is 5.97 Å². The molecule has 1 aromatic carbocycles. The summed E-state index contributed by atoms with van der Waals surface area (Å²) >= 11 is 12.0. The molecule has 0 saturated heterocycles. The number of nitrogens with one attached hydrogen (secondary N) is 1. The van der Waals surface area contributed by atoms with Crippen LogP contribution in [-0.2, 0) is 16.0 Å². The van der Waals surface area contributed by atoms with Crippen LogP contribution < -0.4 is 0 Å². The lowest BCUT2D eigenvalue weighted by Gasteiger charge is -2.05. The third-order valence-electron chi connectivity index (χ3n) is 3.66. The Balaban J connectivity index is 2.11. The Morgan fingerprint density at radius 3 is 2.65 bits per heavy atom. The second-order valence-corrected chi connectivity index (χ2v) is 5.98. The molecular weight excluding hydrogens is 335 g/mol. The summed E-state index contributed by atoms with van der Waals surface area (Å²) in [5.41, 5.74) is 3.61. The molecule has 0 aliphatic carbocycles. The van der Waals surface area contributed by atoms with E-state index in [2.05, 4.69) is 9.97 Å². The summed E-state index contributed by atoms with van der Waals surface area (Å²) in [5.74, 6) is -0.253. The number of aromatic nitrogens is 2. The Morgan fingerprint density at radius 1 is 1.22 bits per heavy atom. The van der Waals surface area contributed by atoms with E-state index in [4.69, 9.17) is 27.9 Å². The molecule has 3 aromatic rings. The molecule has 6 heteroatoms. The molecule has 118 valence electrons. The zero-order chi connectivity index (χ0) is 16.4. The number of aromatic amines is 1. The highest BCUT2D eigenvalue weighted by molar-refractivity contribution is 6.31. The number of hydrogen-bond acceptors (Lipinski definition) is 3. The molecule has 2 aromatic heterocycles. The van der Waals surface area contributed by atoms with Crippen molar-refractivity contribution in [1.82, 2.24) is 9.97 Å². The zero-order valence-electron chi connectivity index (χ0n) is 12.4. The number of carbonyl (C=O) groups is 1. The van der Waals surface area contributed by atoms with Crippen molar-refractivity contribution in [2.45, 2.75) is 12.8 Å². The summed E-state index contributed by atoms with van der Waals surface area (Å²) in [6.07, 6.45) is 2.42. The van der Waals surface area contributed by atoms with Gasteiger partial charge < -0.3 is 9.72 Å². The number of benzene rings is 1. The van der Waals surface area contributed by atoms with Gasteiger partial charge in [0.2, 0.25) is 0 Å². The van der Waals surface area contributed by atoms with Crippen molar-refractivity contribution in [2.75, 3.05) is 7.11 Å². The lowest BCUT2D eigenvalue weighted by atomic mass is 10.0. The van der Waals surface area contributed by atoms with Crippen LogP contribution in [-0.4, -0.2) is 23.0 Å². The molecule has 0 atom stereocenters. The van der Waals surface area contributed by atoms with Crippen molar-refractivity contribution >= 4 is 40.2 Å². The van der Waals surface area contributed by atoms with Crippen LogP contribution in [0.2, 0.25) is 10.0 Å². The molecule has 0 fully saturated rings. The predicted octanol–water partition coefficient (Wildman–Crippen LogP) is 4.64. The molecule has 23 heavy (non-hydrogen) atoms. The Hall–Kier alpha value is -2.04. The predicted molar refractivity (Wildman–Crippen MR) is 91.9 cm³/mol. The topological polar surface area (TPSA) is 55.0 Å². The van der Waals surface area contributed by atoms with Gasteiger partial charge in [0.15, 0.2) is 0 Å². The third-order valence-corrected chi connectivity index (χ3v) is 4.12. The highest BCUT2D eigenvalue weighted by Gasteiger charge is 2.16.